The highest BCUT2D eigenvalue weighted by Crippen LogP contribution is 2.46. The van der Waals surface area contributed by atoms with Gasteiger partial charge >= 0.3 is 0 Å². The van der Waals surface area contributed by atoms with Crippen molar-refractivity contribution in [2.45, 2.75) is 96.1 Å². The predicted octanol–water partition coefficient (Wildman–Crippen LogP) is 6.04. The number of halogens is 1. The van der Waals surface area contributed by atoms with E-state index in [4.69, 9.17) is 15.2 Å². The number of sulfonamides is 1. The fraction of sp³-hybridized carbons (Fsp3) is 0.553. The largest absolute Gasteiger partial charge is 0.490 e. The molecule has 18 heteroatoms. The molecule has 16 nitrogen and oxygen atoms in total. The minimum Gasteiger partial charge on any atom is -0.490 e. The van der Waals surface area contributed by atoms with Gasteiger partial charge in [0, 0.05) is 62.9 Å². The Balaban J connectivity index is 0.681. The number of anilines is 3. The molecule has 0 bridgehead atoms. The first-order chi connectivity index (χ1) is 31.2. The van der Waals surface area contributed by atoms with Gasteiger partial charge in [0.25, 0.3) is 5.91 Å². The number of carbonyl (C=O) groups excluding carboxylic acids is 5. The van der Waals surface area contributed by atoms with Gasteiger partial charge in [0.2, 0.25) is 16.0 Å². The zero-order chi connectivity index (χ0) is 45.9. The summed E-state index contributed by atoms with van der Waals surface area (Å²) in [7, 11) is -3.46. The van der Waals surface area contributed by atoms with Crippen LogP contribution in [0.2, 0.25) is 0 Å². The van der Waals surface area contributed by atoms with Crippen molar-refractivity contribution in [1.29, 1.82) is 0 Å². The lowest BCUT2D eigenvalue weighted by atomic mass is 9.68. The van der Waals surface area contributed by atoms with Crippen molar-refractivity contribution in [3.8, 4) is 5.75 Å². The van der Waals surface area contributed by atoms with E-state index in [9.17, 15) is 32.4 Å². The number of unbranched alkanes of at least 4 members (excludes halogenated alkanes) is 2. The van der Waals surface area contributed by atoms with Gasteiger partial charge in [-0.1, -0.05) is 24.3 Å². The topological polar surface area (TPSA) is 220 Å². The molecule has 1 aromatic heterocycles. The minimum atomic E-state index is -3.46. The lowest BCUT2D eigenvalue weighted by Crippen LogP contribution is -2.58. The molecule has 2 saturated heterocycles. The van der Waals surface area contributed by atoms with Gasteiger partial charge < -0.3 is 30.7 Å². The van der Waals surface area contributed by atoms with Crippen molar-refractivity contribution in [2.24, 2.45) is 23.0 Å². The van der Waals surface area contributed by atoms with Gasteiger partial charge in [-0.05, 0) is 117 Å². The zero-order valence-corrected chi connectivity index (χ0v) is 39.2. The van der Waals surface area contributed by atoms with Gasteiger partial charge in [-0.15, -0.1) is 0 Å². The van der Waals surface area contributed by atoms with E-state index in [2.05, 4.69) is 41.4 Å². The van der Waals surface area contributed by atoms with E-state index in [0.29, 0.717) is 76.9 Å². The summed E-state index contributed by atoms with van der Waals surface area (Å²) in [4.78, 5) is 74.9. The molecule has 2 saturated carbocycles. The number of hydrogen-bond acceptors (Lipinski definition) is 14. The molecular weight excluding hydrogens is 919 g/mol. The fourth-order valence-electron chi connectivity index (χ4n) is 10.3. The average molecular weight is 977 g/mol. The molecule has 1 spiro atoms. The second-order valence-corrected chi connectivity index (χ2v) is 21.4. The summed E-state index contributed by atoms with van der Waals surface area (Å²) in [5, 5.41) is 6.51. The van der Waals surface area contributed by atoms with Crippen LogP contribution in [0.5, 0.6) is 5.75 Å². The van der Waals surface area contributed by atoms with Gasteiger partial charge in [-0.2, -0.15) is 4.98 Å². The number of benzene rings is 2. The van der Waals surface area contributed by atoms with Crippen LogP contribution in [0.3, 0.4) is 0 Å². The van der Waals surface area contributed by atoms with Crippen LogP contribution >= 0.6 is 15.9 Å². The maximum atomic E-state index is 13.6. The number of nitrogens with zero attached hydrogens (tertiary/aromatic N) is 4. The summed E-state index contributed by atoms with van der Waals surface area (Å²) in [6.07, 6.45) is 9.75. The number of hydrogen-bond donors (Lipinski definition) is 3. The predicted molar refractivity (Wildman–Crippen MR) is 247 cm³/mol. The molecule has 4 fully saturated rings. The van der Waals surface area contributed by atoms with E-state index in [1.807, 2.05) is 19.1 Å². The monoisotopic (exact) mass is 975 g/mol. The molecule has 3 aromatic rings. The third kappa shape index (κ3) is 10.7. The van der Waals surface area contributed by atoms with Gasteiger partial charge in [-0.25, -0.2) is 17.7 Å². The Morgan fingerprint density at radius 2 is 1.71 bits per heavy atom. The van der Waals surface area contributed by atoms with Gasteiger partial charge in [0.15, 0.2) is 11.6 Å². The molecular formula is C47H58BrN7O9S. The lowest BCUT2D eigenvalue weighted by Gasteiger charge is -2.53. The van der Waals surface area contributed by atoms with Crippen LogP contribution in [0.15, 0.2) is 47.1 Å². The third-order valence-electron chi connectivity index (χ3n) is 13.9. The Morgan fingerprint density at radius 3 is 2.45 bits per heavy atom. The SMILES string of the molecule is Cc1cccc(Nc2nc(NC3CCN(S(=O)(=O)CCOCCCCCN4CC5(CCC(Oc6cccc7c6C(=O)C(C6CCC(=O)CC6=O)C7=O)CC5)C4)CC3)ncc2Br)c1C(N)=O. The highest BCUT2D eigenvalue weighted by Gasteiger charge is 2.49. The van der Waals surface area contributed by atoms with Crippen LogP contribution in [-0.4, -0.2) is 120 Å². The van der Waals surface area contributed by atoms with E-state index >= 15 is 0 Å². The first-order valence-electron chi connectivity index (χ1n) is 22.9. The maximum absolute atomic E-state index is 13.6. The summed E-state index contributed by atoms with van der Waals surface area (Å²) >= 11 is 3.47. The quantitative estimate of drug-likeness (QED) is 0.0978. The molecule has 3 aliphatic carbocycles. The van der Waals surface area contributed by atoms with E-state index in [1.165, 1.54) is 4.31 Å². The fourth-order valence-corrected chi connectivity index (χ4v) is 12.0. The number of likely N-dealkylation sites (tertiary alicyclic amines) is 1. The normalized spacial score (nSPS) is 21.9. The highest BCUT2D eigenvalue weighted by molar-refractivity contribution is 9.10. The Morgan fingerprint density at radius 1 is 0.954 bits per heavy atom. The number of rotatable bonds is 18. The first-order valence-corrected chi connectivity index (χ1v) is 25.3. The molecule has 65 heavy (non-hydrogen) atoms. The molecule has 2 unspecified atom stereocenters. The number of piperidine rings is 1. The van der Waals surface area contributed by atoms with Crippen molar-refractivity contribution >= 4 is 72.4 Å². The van der Waals surface area contributed by atoms with Gasteiger partial charge in [-0.3, -0.25) is 24.0 Å². The van der Waals surface area contributed by atoms with E-state index in [1.54, 1.807) is 30.5 Å². The van der Waals surface area contributed by atoms with E-state index in [0.717, 1.165) is 70.1 Å². The zero-order valence-electron chi connectivity index (χ0n) is 36.8. The van der Waals surface area contributed by atoms with Crippen molar-refractivity contribution < 1.29 is 41.9 Å². The number of carbonyl (C=O) groups is 5. The Hall–Kier alpha value is -4.62. The van der Waals surface area contributed by atoms with Crippen molar-refractivity contribution in [2.75, 3.05) is 62.3 Å². The lowest BCUT2D eigenvalue weighted by molar-refractivity contribution is -0.133. The van der Waals surface area contributed by atoms with Crippen LogP contribution in [0.4, 0.5) is 17.5 Å². The molecule has 348 valence electrons. The summed E-state index contributed by atoms with van der Waals surface area (Å²) in [5.41, 5.74) is 8.19. The number of ketones is 4. The van der Waals surface area contributed by atoms with Crippen LogP contribution in [0.25, 0.3) is 0 Å². The van der Waals surface area contributed by atoms with Crippen LogP contribution in [0.1, 0.15) is 114 Å². The molecule has 4 N–H and O–H groups in total. The molecule has 3 heterocycles. The minimum absolute atomic E-state index is 0.0134. The molecule has 1 amide bonds. The van der Waals surface area contributed by atoms with Crippen LogP contribution in [-0.2, 0) is 24.3 Å². The van der Waals surface area contributed by atoms with E-state index < -0.39 is 27.8 Å². The standard InChI is InChI=1S/C47H58BrN7O9S/c1-29-7-5-9-36(39(29)44(49)60)52-45-35(48)26-50-46(53-45)51-30-15-20-55(21-16-30)65(61,62)24-23-63-22-4-2-3-19-54-27-47(28-54)17-13-32(14-18-47)64-38-10-6-8-34-40(38)43(59)41(42(34)58)33-12-11-31(56)25-37(33)57/h5-10,26,30,32-33,41H,2-4,11-25,27-28H2,1H3,(H2,49,60)(H2,50,51,52,53). The number of aromatic nitrogens is 2. The molecule has 2 aromatic carbocycles. The maximum Gasteiger partial charge on any atom is 0.251 e. The van der Waals surface area contributed by atoms with Crippen molar-refractivity contribution in [1.82, 2.24) is 19.2 Å². The second-order valence-electron chi connectivity index (χ2n) is 18.4. The molecule has 0 radical (unpaired) electrons. The summed E-state index contributed by atoms with van der Waals surface area (Å²) in [6, 6.07) is 10.5. The van der Waals surface area contributed by atoms with Crippen molar-refractivity contribution in [3.05, 3.63) is 69.3 Å². The Bertz CT molecular complexity index is 2430. The number of Topliss-reactive ketones (excluding diaryl/α,β-unsaturated/α-hetero) is 4. The number of aryl methyl sites for hydroxylation is 1. The van der Waals surface area contributed by atoms with Crippen molar-refractivity contribution in [3.63, 3.8) is 0 Å². The highest BCUT2D eigenvalue weighted by atomic mass is 79.9. The molecule has 2 aliphatic heterocycles. The Labute approximate surface area is 388 Å². The van der Waals surface area contributed by atoms with Crippen LogP contribution in [0, 0.1) is 24.2 Å². The number of amides is 1. The Kier molecular flexibility index (Phi) is 14.5. The summed E-state index contributed by atoms with van der Waals surface area (Å²) in [5.74, 6) is -2.24. The smallest absolute Gasteiger partial charge is 0.251 e. The number of nitrogens with two attached hydrogens (primary N) is 1. The summed E-state index contributed by atoms with van der Waals surface area (Å²) in [6.45, 7) is 6.40. The van der Waals surface area contributed by atoms with Gasteiger partial charge in [0.1, 0.15) is 23.1 Å². The second kappa shape index (κ2) is 20.1. The van der Waals surface area contributed by atoms with Gasteiger partial charge in [0.05, 0.1) is 52.1 Å². The number of nitrogens with one attached hydrogen (secondary N) is 2. The number of ether oxygens (including phenoxy) is 2. The first kappa shape index (κ1) is 46.9. The summed E-state index contributed by atoms with van der Waals surface area (Å²) < 4.78 is 40.6. The molecule has 5 aliphatic rings. The average Bonchev–Trinajstić information content (AvgIpc) is 3.52. The molecule has 2 atom stereocenters. The number of primary amides is 1. The van der Waals surface area contributed by atoms with Crippen LogP contribution < -0.4 is 21.1 Å². The number of fused-ring (bicyclic) bond motifs is 1. The molecule has 8 rings (SSSR count). The van der Waals surface area contributed by atoms with E-state index in [-0.39, 0.29) is 72.3 Å². The third-order valence-corrected chi connectivity index (χ3v) is 16.3.